The molecule has 3 aromatic rings. The molecule has 20 heavy (non-hydrogen) atoms. The minimum atomic E-state index is 0.471. The minimum absolute atomic E-state index is 0.471. The van der Waals surface area contributed by atoms with E-state index in [2.05, 4.69) is 15.1 Å². The average Bonchev–Trinajstić information content (AvgIpc) is 2.97. The molecule has 5 nitrogen and oxygen atoms in total. The molecular weight excluding hydrogens is 252 g/mol. The highest BCUT2D eigenvalue weighted by atomic mass is 16.5. The van der Waals surface area contributed by atoms with Gasteiger partial charge >= 0.3 is 0 Å². The molecule has 0 bridgehead atoms. The van der Waals surface area contributed by atoms with Crippen LogP contribution in [0.25, 0.3) is 23.0 Å². The summed E-state index contributed by atoms with van der Waals surface area (Å²) >= 11 is 0. The van der Waals surface area contributed by atoms with Crippen molar-refractivity contribution in [2.45, 2.75) is 13.5 Å². The first-order valence-electron chi connectivity index (χ1n) is 6.33. The van der Waals surface area contributed by atoms with Crippen LogP contribution in [-0.2, 0) is 6.54 Å². The van der Waals surface area contributed by atoms with Crippen molar-refractivity contribution in [1.29, 1.82) is 0 Å². The maximum absolute atomic E-state index is 5.63. The fourth-order valence-electron chi connectivity index (χ4n) is 1.94. The van der Waals surface area contributed by atoms with Crippen LogP contribution in [0.15, 0.2) is 47.0 Å². The molecule has 1 aromatic carbocycles. The van der Waals surface area contributed by atoms with Gasteiger partial charge in [0.2, 0.25) is 5.82 Å². The summed E-state index contributed by atoms with van der Waals surface area (Å²) in [6.45, 7) is 2.41. The zero-order valence-corrected chi connectivity index (χ0v) is 11.1. The maximum Gasteiger partial charge on any atom is 0.258 e. The van der Waals surface area contributed by atoms with E-state index in [1.54, 1.807) is 0 Å². The van der Waals surface area contributed by atoms with Gasteiger partial charge in [0, 0.05) is 17.8 Å². The lowest BCUT2D eigenvalue weighted by Crippen LogP contribution is -1.95. The Labute approximate surface area is 116 Å². The Morgan fingerprint density at radius 2 is 1.95 bits per heavy atom. The van der Waals surface area contributed by atoms with Crippen molar-refractivity contribution in [3.05, 3.63) is 53.7 Å². The lowest BCUT2D eigenvalue weighted by atomic mass is 10.1. The predicted molar refractivity (Wildman–Crippen MR) is 75.6 cm³/mol. The van der Waals surface area contributed by atoms with Crippen molar-refractivity contribution in [1.82, 2.24) is 15.1 Å². The number of pyridine rings is 1. The summed E-state index contributed by atoms with van der Waals surface area (Å²) in [6.07, 6.45) is 0. The second-order valence-corrected chi connectivity index (χ2v) is 4.49. The van der Waals surface area contributed by atoms with Gasteiger partial charge < -0.3 is 10.3 Å². The fraction of sp³-hybridized carbons (Fsp3) is 0.133. The zero-order valence-electron chi connectivity index (χ0n) is 11.1. The van der Waals surface area contributed by atoms with E-state index in [0.29, 0.717) is 24.0 Å². The number of aromatic nitrogens is 3. The number of nitrogens with zero attached hydrogens (tertiary/aromatic N) is 3. The zero-order chi connectivity index (χ0) is 13.9. The van der Waals surface area contributed by atoms with Gasteiger partial charge in [-0.2, -0.15) is 4.98 Å². The molecule has 0 atom stereocenters. The van der Waals surface area contributed by atoms with Crippen LogP contribution in [-0.4, -0.2) is 15.1 Å². The molecule has 0 fully saturated rings. The fourth-order valence-corrected chi connectivity index (χ4v) is 1.94. The molecule has 0 unspecified atom stereocenters. The number of aryl methyl sites for hydroxylation is 1. The molecule has 100 valence electrons. The first-order valence-corrected chi connectivity index (χ1v) is 6.33. The smallest absolute Gasteiger partial charge is 0.258 e. The van der Waals surface area contributed by atoms with E-state index in [9.17, 15) is 0 Å². The Morgan fingerprint density at radius 3 is 2.75 bits per heavy atom. The molecule has 2 N–H and O–H groups in total. The average molecular weight is 266 g/mol. The Balaban J connectivity index is 1.97. The number of benzene rings is 1. The van der Waals surface area contributed by atoms with Gasteiger partial charge in [-0.3, -0.25) is 0 Å². The highest BCUT2D eigenvalue weighted by Crippen LogP contribution is 2.22. The van der Waals surface area contributed by atoms with Crippen LogP contribution in [0.3, 0.4) is 0 Å². The van der Waals surface area contributed by atoms with Crippen molar-refractivity contribution in [2.24, 2.45) is 5.73 Å². The van der Waals surface area contributed by atoms with Crippen LogP contribution in [0.4, 0.5) is 0 Å². The highest BCUT2D eigenvalue weighted by molar-refractivity contribution is 5.58. The largest absolute Gasteiger partial charge is 0.334 e. The van der Waals surface area contributed by atoms with Gasteiger partial charge in [-0.1, -0.05) is 23.4 Å². The molecule has 3 rings (SSSR count). The lowest BCUT2D eigenvalue weighted by molar-refractivity contribution is 0.432. The van der Waals surface area contributed by atoms with Crippen molar-refractivity contribution < 1.29 is 4.52 Å². The molecule has 2 aromatic heterocycles. The number of hydrogen-bond acceptors (Lipinski definition) is 5. The number of rotatable bonds is 3. The van der Waals surface area contributed by atoms with Gasteiger partial charge in [0.1, 0.15) is 5.69 Å². The summed E-state index contributed by atoms with van der Waals surface area (Å²) < 4.78 is 5.30. The monoisotopic (exact) mass is 266 g/mol. The van der Waals surface area contributed by atoms with Crippen molar-refractivity contribution >= 4 is 0 Å². The molecule has 0 aliphatic rings. The summed E-state index contributed by atoms with van der Waals surface area (Å²) in [7, 11) is 0. The Bertz CT molecular complexity index is 736. The summed E-state index contributed by atoms with van der Waals surface area (Å²) in [5.41, 5.74) is 9.14. The van der Waals surface area contributed by atoms with E-state index >= 15 is 0 Å². The molecule has 0 aliphatic carbocycles. The highest BCUT2D eigenvalue weighted by Gasteiger charge is 2.11. The number of hydrogen-bond donors (Lipinski definition) is 1. The van der Waals surface area contributed by atoms with Gasteiger partial charge in [0.15, 0.2) is 0 Å². The molecular formula is C15H14N4O. The van der Waals surface area contributed by atoms with E-state index in [4.69, 9.17) is 10.3 Å². The van der Waals surface area contributed by atoms with Crippen molar-refractivity contribution in [3.8, 4) is 23.0 Å². The Hall–Kier alpha value is -2.53. The minimum Gasteiger partial charge on any atom is -0.334 e. The van der Waals surface area contributed by atoms with E-state index in [1.807, 2.05) is 49.4 Å². The lowest BCUT2D eigenvalue weighted by Gasteiger charge is -1.98. The van der Waals surface area contributed by atoms with Crippen molar-refractivity contribution in [3.63, 3.8) is 0 Å². The molecule has 2 heterocycles. The first-order chi connectivity index (χ1) is 9.76. The standard InChI is InChI=1S/C15H14N4O/c1-10-4-2-7-13(17-10)14-18-15(20-19-14)12-6-3-5-11(8-12)9-16/h2-8H,9,16H2,1H3. The molecule has 0 saturated carbocycles. The third-order valence-corrected chi connectivity index (χ3v) is 2.95. The normalized spacial score (nSPS) is 10.7. The van der Waals surface area contributed by atoms with Crippen LogP contribution in [0, 0.1) is 6.92 Å². The Morgan fingerprint density at radius 1 is 1.10 bits per heavy atom. The van der Waals surface area contributed by atoms with E-state index in [-0.39, 0.29) is 0 Å². The predicted octanol–water partition coefficient (Wildman–Crippen LogP) is 2.57. The van der Waals surface area contributed by atoms with Crippen LogP contribution < -0.4 is 5.73 Å². The van der Waals surface area contributed by atoms with E-state index in [0.717, 1.165) is 16.8 Å². The maximum atomic E-state index is 5.63. The molecule has 5 heteroatoms. The van der Waals surface area contributed by atoms with Gasteiger partial charge in [0.05, 0.1) is 0 Å². The SMILES string of the molecule is Cc1cccc(-c2noc(-c3cccc(CN)c3)n2)n1. The van der Waals surface area contributed by atoms with Crippen LogP contribution in [0.5, 0.6) is 0 Å². The summed E-state index contributed by atoms with van der Waals surface area (Å²) in [5.74, 6) is 0.959. The summed E-state index contributed by atoms with van der Waals surface area (Å²) in [6, 6.07) is 13.5. The molecule has 0 aliphatic heterocycles. The molecule has 0 spiro atoms. The summed E-state index contributed by atoms with van der Waals surface area (Å²) in [4.78, 5) is 8.77. The second-order valence-electron chi connectivity index (χ2n) is 4.49. The van der Waals surface area contributed by atoms with E-state index in [1.165, 1.54) is 0 Å². The molecule has 0 amide bonds. The van der Waals surface area contributed by atoms with E-state index < -0.39 is 0 Å². The number of nitrogens with two attached hydrogens (primary N) is 1. The van der Waals surface area contributed by atoms with Crippen LogP contribution in [0.2, 0.25) is 0 Å². The topological polar surface area (TPSA) is 77.8 Å². The third-order valence-electron chi connectivity index (χ3n) is 2.95. The molecule has 0 saturated heterocycles. The summed E-state index contributed by atoms with van der Waals surface area (Å²) in [5, 5.41) is 3.98. The van der Waals surface area contributed by atoms with Crippen LogP contribution >= 0.6 is 0 Å². The van der Waals surface area contributed by atoms with Crippen LogP contribution in [0.1, 0.15) is 11.3 Å². The third kappa shape index (κ3) is 2.44. The van der Waals surface area contributed by atoms with Crippen molar-refractivity contribution in [2.75, 3.05) is 0 Å². The first kappa shape index (κ1) is 12.5. The van der Waals surface area contributed by atoms with Gasteiger partial charge in [-0.25, -0.2) is 4.98 Å². The molecule has 0 radical (unpaired) electrons. The van der Waals surface area contributed by atoms with Gasteiger partial charge in [-0.15, -0.1) is 0 Å². The van der Waals surface area contributed by atoms with Gasteiger partial charge in [0.25, 0.3) is 5.89 Å². The van der Waals surface area contributed by atoms with Gasteiger partial charge in [-0.05, 0) is 36.8 Å². The quantitative estimate of drug-likeness (QED) is 0.788. The second kappa shape index (κ2) is 5.22. The Kier molecular flexibility index (Phi) is 3.26.